The minimum absolute atomic E-state index is 0.124. The van der Waals surface area contributed by atoms with E-state index in [1.807, 2.05) is 0 Å². The fraction of sp³-hybridized carbons (Fsp3) is 0.583. The Morgan fingerprint density at radius 1 is 1.43 bits per heavy atom. The van der Waals surface area contributed by atoms with Gasteiger partial charge in [-0.05, 0) is 19.3 Å². The van der Waals surface area contributed by atoms with E-state index in [4.69, 9.17) is 5.11 Å². The molecule has 0 aromatic carbocycles. The fourth-order valence-electron chi connectivity index (χ4n) is 2.21. The smallest absolute Gasteiger partial charge is 0.389 e. The van der Waals surface area contributed by atoms with Gasteiger partial charge < -0.3 is 15.4 Å². The summed E-state index contributed by atoms with van der Waals surface area (Å²) < 4.78 is 36.3. The number of imidazole rings is 1. The lowest BCUT2D eigenvalue weighted by Crippen LogP contribution is -2.51. The van der Waals surface area contributed by atoms with Gasteiger partial charge in [0.25, 0.3) is 0 Å². The maximum absolute atomic E-state index is 12.1. The SMILES string of the molecule is O=C(CCC(F)(F)F)NC1(c2ncc(C(=O)O)[nH]2)CCC1. The van der Waals surface area contributed by atoms with Gasteiger partial charge >= 0.3 is 12.1 Å². The summed E-state index contributed by atoms with van der Waals surface area (Å²) in [5.74, 6) is -1.64. The second-order valence-electron chi connectivity index (χ2n) is 5.05. The highest BCUT2D eigenvalue weighted by molar-refractivity contribution is 5.85. The van der Waals surface area contributed by atoms with Gasteiger partial charge in [-0.2, -0.15) is 13.2 Å². The number of alkyl halides is 3. The van der Waals surface area contributed by atoms with Crippen LogP contribution in [0, 0.1) is 0 Å². The molecule has 1 saturated carbocycles. The lowest BCUT2D eigenvalue weighted by molar-refractivity contribution is -0.145. The lowest BCUT2D eigenvalue weighted by atomic mass is 9.76. The van der Waals surface area contributed by atoms with Crippen LogP contribution in [-0.4, -0.2) is 33.1 Å². The molecule has 2 rings (SSSR count). The number of halogens is 3. The highest BCUT2D eigenvalue weighted by Crippen LogP contribution is 2.40. The second kappa shape index (κ2) is 5.38. The topological polar surface area (TPSA) is 95.1 Å². The molecule has 0 saturated heterocycles. The predicted molar refractivity (Wildman–Crippen MR) is 64.5 cm³/mol. The number of aromatic nitrogens is 2. The molecule has 116 valence electrons. The number of nitrogens with zero attached hydrogens (tertiary/aromatic N) is 1. The van der Waals surface area contributed by atoms with E-state index in [2.05, 4.69) is 15.3 Å². The van der Waals surface area contributed by atoms with Crippen LogP contribution in [0.4, 0.5) is 13.2 Å². The summed E-state index contributed by atoms with van der Waals surface area (Å²) in [6.07, 6.45) is -3.30. The number of hydrogen-bond donors (Lipinski definition) is 3. The van der Waals surface area contributed by atoms with Crippen LogP contribution in [0.25, 0.3) is 0 Å². The van der Waals surface area contributed by atoms with E-state index in [-0.39, 0.29) is 11.5 Å². The molecule has 1 heterocycles. The second-order valence-corrected chi connectivity index (χ2v) is 5.05. The number of hydrogen-bond acceptors (Lipinski definition) is 3. The van der Waals surface area contributed by atoms with Gasteiger partial charge in [-0.25, -0.2) is 9.78 Å². The molecule has 0 spiro atoms. The number of amides is 1. The van der Waals surface area contributed by atoms with E-state index >= 15 is 0 Å². The maximum atomic E-state index is 12.1. The van der Waals surface area contributed by atoms with Crippen LogP contribution >= 0.6 is 0 Å². The van der Waals surface area contributed by atoms with Crippen molar-refractivity contribution in [2.45, 2.75) is 43.8 Å². The zero-order valence-corrected chi connectivity index (χ0v) is 11.0. The summed E-state index contributed by atoms with van der Waals surface area (Å²) in [6, 6.07) is 0. The van der Waals surface area contributed by atoms with Crippen LogP contribution in [-0.2, 0) is 10.3 Å². The summed E-state index contributed by atoms with van der Waals surface area (Å²) >= 11 is 0. The summed E-state index contributed by atoms with van der Waals surface area (Å²) in [6.45, 7) is 0. The number of nitrogens with one attached hydrogen (secondary N) is 2. The third-order valence-electron chi connectivity index (χ3n) is 3.48. The van der Waals surface area contributed by atoms with E-state index in [0.29, 0.717) is 12.8 Å². The molecule has 1 amide bonds. The Morgan fingerprint density at radius 3 is 2.52 bits per heavy atom. The minimum atomic E-state index is -4.38. The number of H-pyrrole nitrogens is 1. The van der Waals surface area contributed by atoms with E-state index < -0.39 is 36.4 Å². The molecular weight excluding hydrogens is 291 g/mol. The Balaban J connectivity index is 2.04. The average molecular weight is 305 g/mol. The van der Waals surface area contributed by atoms with Crippen molar-refractivity contribution in [1.82, 2.24) is 15.3 Å². The largest absolute Gasteiger partial charge is 0.477 e. The van der Waals surface area contributed by atoms with Crippen molar-refractivity contribution in [1.29, 1.82) is 0 Å². The number of carbonyl (C=O) groups is 2. The van der Waals surface area contributed by atoms with Crippen LogP contribution < -0.4 is 5.32 Å². The van der Waals surface area contributed by atoms with Crippen LogP contribution in [0.3, 0.4) is 0 Å². The summed E-state index contributed by atoms with van der Waals surface area (Å²) in [5, 5.41) is 11.4. The molecule has 1 aromatic heterocycles. The first-order chi connectivity index (χ1) is 9.72. The summed E-state index contributed by atoms with van der Waals surface area (Å²) in [5.41, 5.74) is -1.00. The van der Waals surface area contributed by atoms with Crippen molar-refractivity contribution >= 4 is 11.9 Å². The first-order valence-corrected chi connectivity index (χ1v) is 6.38. The van der Waals surface area contributed by atoms with Crippen LogP contribution in [0.1, 0.15) is 48.4 Å². The Labute approximate surface area is 117 Å². The maximum Gasteiger partial charge on any atom is 0.389 e. The average Bonchev–Trinajstić information content (AvgIpc) is 2.80. The molecule has 1 aliphatic carbocycles. The van der Waals surface area contributed by atoms with E-state index in [9.17, 15) is 22.8 Å². The van der Waals surface area contributed by atoms with Crippen molar-refractivity contribution in [2.24, 2.45) is 0 Å². The Bertz CT molecular complexity index is 549. The monoisotopic (exact) mass is 305 g/mol. The fourth-order valence-corrected chi connectivity index (χ4v) is 2.21. The quantitative estimate of drug-likeness (QED) is 0.775. The molecule has 0 radical (unpaired) electrons. The zero-order valence-electron chi connectivity index (χ0n) is 11.0. The van der Waals surface area contributed by atoms with Crippen molar-refractivity contribution in [3.63, 3.8) is 0 Å². The Morgan fingerprint density at radius 2 is 2.10 bits per heavy atom. The number of carboxylic acid groups (broad SMARTS) is 1. The first-order valence-electron chi connectivity index (χ1n) is 6.38. The molecule has 6 nitrogen and oxygen atoms in total. The predicted octanol–water partition coefficient (Wildman–Crippen LogP) is 1.95. The molecule has 21 heavy (non-hydrogen) atoms. The first kappa shape index (κ1) is 15.3. The number of aromatic amines is 1. The molecule has 1 aliphatic rings. The molecule has 0 aliphatic heterocycles. The van der Waals surface area contributed by atoms with Crippen molar-refractivity contribution in [3.05, 3.63) is 17.7 Å². The van der Waals surface area contributed by atoms with Gasteiger partial charge in [-0.15, -0.1) is 0 Å². The molecule has 1 fully saturated rings. The van der Waals surface area contributed by atoms with Gasteiger partial charge in [-0.1, -0.05) is 0 Å². The van der Waals surface area contributed by atoms with Gasteiger partial charge in [-0.3, -0.25) is 4.79 Å². The van der Waals surface area contributed by atoms with Gasteiger partial charge in [0.15, 0.2) is 0 Å². The number of aromatic carboxylic acids is 1. The Kier molecular flexibility index (Phi) is 3.93. The molecule has 9 heteroatoms. The highest BCUT2D eigenvalue weighted by Gasteiger charge is 2.43. The molecule has 0 bridgehead atoms. The third-order valence-corrected chi connectivity index (χ3v) is 3.48. The summed E-state index contributed by atoms with van der Waals surface area (Å²) in [4.78, 5) is 28.9. The normalized spacial score (nSPS) is 17.1. The van der Waals surface area contributed by atoms with Crippen LogP contribution in [0.2, 0.25) is 0 Å². The molecule has 3 N–H and O–H groups in total. The molecule has 0 atom stereocenters. The molecular formula is C12H14F3N3O3. The van der Waals surface area contributed by atoms with Gasteiger partial charge in [0, 0.05) is 6.42 Å². The van der Waals surface area contributed by atoms with E-state index in [0.717, 1.165) is 12.6 Å². The van der Waals surface area contributed by atoms with Crippen molar-refractivity contribution < 1.29 is 27.9 Å². The van der Waals surface area contributed by atoms with Crippen LogP contribution in [0.15, 0.2) is 6.20 Å². The van der Waals surface area contributed by atoms with Gasteiger partial charge in [0.1, 0.15) is 11.5 Å². The van der Waals surface area contributed by atoms with Crippen LogP contribution in [0.5, 0.6) is 0 Å². The van der Waals surface area contributed by atoms with Crippen molar-refractivity contribution in [2.75, 3.05) is 0 Å². The molecule has 1 aromatic rings. The van der Waals surface area contributed by atoms with E-state index in [1.54, 1.807) is 0 Å². The summed E-state index contributed by atoms with van der Waals surface area (Å²) in [7, 11) is 0. The van der Waals surface area contributed by atoms with Crippen molar-refractivity contribution in [3.8, 4) is 0 Å². The van der Waals surface area contributed by atoms with Gasteiger partial charge in [0.05, 0.1) is 18.2 Å². The number of carbonyl (C=O) groups excluding carboxylic acids is 1. The standard InChI is InChI=1S/C12H14F3N3O3/c13-12(14,15)5-2-8(19)18-11(3-1-4-11)10-16-6-7(17-10)9(20)21/h6H,1-5H2,(H,16,17)(H,18,19)(H,20,21). The number of rotatable bonds is 5. The highest BCUT2D eigenvalue weighted by atomic mass is 19.4. The van der Waals surface area contributed by atoms with Gasteiger partial charge in [0.2, 0.25) is 5.91 Å². The number of carboxylic acids is 1. The van der Waals surface area contributed by atoms with E-state index in [1.165, 1.54) is 0 Å². The lowest BCUT2D eigenvalue weighted by Gasteiger charge is -2.40. The minimum Gasteiger partial charge on any atom is -0.477 e. The Hall–Kier alpha value is -2.06. The molecule has 0 unspecified atom stereocenters. The third kappa shape index (κ3) is 3.53. The zero-order chi connectivity index (χ0) is 15.7.